The molecule has 1 aliphatic carbocycles. The minimum Gasteiger partial charge on any atom is -0.345 e. The summed E-state index contributed by atoms with van der Waals surface area (Å²) in [6.45, 7) is 3.51. The molecule has 0 saturated heterocycles. The molecule has 1 aromatic carbocycles. The van der Waals surface area contributed by atoms with E-state index >= 15 is 0 Å². The molecule has 0 spiro atoms. The first-order chi connectivity index (χ1) is 12.7. The van der Waals surface area contributed by atoms with E-state index in [-0.39, 0.29) is 23.9 Å². The van der Waals surface area contributed by atoms with Crippen molar-refractivity contribution in [2.75, 3.05) is 0 Å². The molecule has 3 aromatic rings. The second-order valence-electron chi connectivity index (χ2n) is 6.03. The van der Waals surface area contributed by atoms with Crippen LogP contribution in [0.25, 0.3) is 10.2 Å². The highest BCUT2D eigenvalue weighted by Crippen LogP contribution is 2.32. The molecule has 2 aromatic heterocycles. The quantitative estimate of drug-likeness (QED) is 0.696. The van der Waals surface area contributed by atoms with Crippen LogP contribution in [-0.2, 0) is 11.2 Å². The first-order valence-electron chi connectivity index (χ1n) is 8.17. The lowest BCUT2D eigenvalue weighted by Crippen LogP contribution is -2.44. The van der Waals surface area contributed by atoms with Crippen molar-refractivity contribution in [1.82, 2.24) is 20.6 Å². The van der Waals surface area contributed by atoms with Gasteiger partial charge in [0.05, 0.1) is 12.1 Å². The van der Waals surface area contributed by atoms with Crippen LogP contribution in [0.2, 0.25) is 0 Å². The van der Waals surface area contributed by atoms with Crippen LogP contribution in [0.1, 0.15) is 27.7 Å². The molecule has 6 nitrogen and oxygen atoms in total. The van der Waals surface area contributed by atoms with Gasteiger partial charge in [-0.25, -0.2) is 9.97 Å². The topological polar surface area (TPSA) is 84.0 Å². The molecule has 0 fully saturated rings. The standard InChI is InChI=1S/C19H16N4O2S/c1-2-15(24)23-16-12-6-4-3-5-11(12)9-14(16)22-18(25)17-13-7-8-26-19(13)21-10-20-17/h2-8,10,14,16H,1,9H2,(H,22,25)(H,23,24)/t14-,16-/m1/s1. The average Bonchev–Trinajstić information content (AvgIpc) is 3.26. The van der Waals surface area contributed by atoms with Crippen LogP contribution in [0.4, 0.5) is 0 Å². The monoisotopic (exact) mass is 364 g/mol. The zero-order chi connectivity index (χ0) is 18.1. The number of nitrogens with one attached hydrogen (secondary N) is 2. The molecule has 4 rings (SSSR count). The molecule has 0 saturated carbocycles. The number of benzene rings is 1. The number of rotatable bonds is 4. The Morgan fingerprint density at radius 3 is 2.88 bits per heavy atom. The van der Waals surface area contributed by atoms with Crippen LogP contribution >= 0.6 is 11.3 Å². The fraction of sp³-hybridized carbons (Fsp3) is 0.158. The van der Waals surface area contributed by atoms with Gasteiger partial charge >= 0.3 is 0 Å². The van der Waals surface area contributed by atoms with Crippen LogP contribution in [0.15, 0.2) is 54.7 Å². The molecule has 2 heterocycles. The van der Waals surface area contributed by atoms with Crippen molar-refractivity contribution in [1.29, 1.82) is 0 Å². The largest absolute Gasteiger partial charge is 0.345 e. The van der Waals surface area contributed by atoms with Gasteiger partial charge in [-0.1, -0.05) is 30.8 Å². The van der Waals surface area contributed by atoms with Crippen molar-refractivity contribution >= 4 is 33.4 Å². The fourth-order valence-electron chi connectivity index (χ4n) is 3.33. The van der Waals surface area contributed by atoms with Gasteiger partial charge in [-0.05, 0) is 35.1 Å². The van der Waals surface area contributed by atoms with Gasteiger partial charge in [-0.2, -0.15) is 0 Å². The summed E-state index contributed by atoms with van der Waals surface area (Å²) in [6, 6.07) is 9.14. The SMILES string of the molecule is C=CC(=O)N[C@@H]1c2ccccc2C[C@H]1NC(=O)c1ncnc2sccc12. The van der Waals surface area contributed by atoms with E-state index in [0.717, 1.165) is 21.3 Å². The minimum atomic E-state index is -0.305. The molecular formula is C19H16N4O2S. The Labute approximate surface area is 154 Å². The van der Waals surface area contributed by atoms with E-state index < -0.39 is 0 Å². The van der Waals surface area contributed by atoms with Gasteiger partial charge in [-0.3, -0.25) is 9.59 Å². The zero-order valence-corrected chi connectivity index (χ0v) is 14.6. The molecule has 0 radical (unpaired) electrons. The van der Waals surface area contributed by atoms with Gasteiger partial charge < -0.3 is 10.6 Å². The summed E-state index contributed by atoms with van der Waals surface area (Å²) in [7, 11) is 0. The molecule has 0 unspecified atom stereocenters. The molecule has 0 aliphatic heterocycles. The highest BCUT2D eigenvalue weighted by Gasteiger charge is 2.34. The Morgan fingerprint density at radius 1 is 1.19 bits per heavy atom. The summed E-state index contributed by atoms with van der Waals surface area (Å²) in [4.78, 5) is 33.8. The number of nitrogens with zero attached hydrogens (tertiary/aromatic N) is 2. The van der Waals surface area contributed by atoms with Crippen molar-refractivity contribution in [3.8, 4) is 0 Å². The molecule has 7 heteroatoms. The summed E-state index contributed by atoms with van der Waals surface area (Å²) in [5.74, 6) is -0.542. The van der Waals surface area contributed by atoms with Crippen LogP contribution in [-0.4, -0.2) is 27.8 Å². The van der Waals surface area contributed by atoms with E-state index in [9.17, 15) is 9.59 Å². The van der Waals surface area contributed by atoms with Crippen LogP contribution in [0.3, 0.4) is 0 Å². The Morgan fingerprint density at radius 2 is 2.04 bits per heavy atom. The normalized spacial score (nSPS) is 18.3. The number of thiophene rings is 1. The molecule has 0 bridgehead atoms. The van der Waals surface area contributed by atoms with Crippen molar-refractivity contribution in [3.63, 3.8) is 0 Å². The second kappa shape index (κ2) is 6.68. The summed E-state index contributed by atoms with van der Waals surface area (Å²) < 4.78 is 0. The van der Waals surface area contributed by atoms with Gasteiger partial charge in [0.2, 0.25) is 5.91 Å². The number of carbonyl (C=O) groups excluding carboxylic acids is 2. The van der Waals surface area contributed by atoms with Gasteiger partial charge in [-0.15, -0.1) is 11.3 Å². The van der Waals surface area contributed by atoms with E-state index in [1.54, 1.807) is 0 Å². The van der Waals surface area contributed by atoms with Gasteiger partial charge in [0.1, 0.15) is 16.9 Å². The predicted octanol–water partition coefficient (Wildman–Crippen LogP) is 2.39. The van der Waals surface area contributed by atoms with Crippen LogP contribution in [0, 0.1) is 0 Å². The van der Waals surface area contributed by atoms with E-state index in [1.807, 2.05) is 35.7 Å². The average molecular weight is 364 g/mol. The van der Waals surface area contributed by atoms with Gasteiger partial charge in [0.15, 0.2) is 0 Å². The maximum atomic E-state index is 12.8. The first-order valence-corrected chi connectivity index (χ1v) is 9.05. The van der Waals surface area contributed by atoms with E-state index in [4.69, 9.17) is 0 Å². The van der Waals surface area contributed by atoms with Gasteiger partial charge in [0.25, 0.3) is 5.91 Å². The summed E-state index contributed by atoms with van der Waals surface area (Å²) >= 11 is 1.46. The molecule has 130 valence electrons. The maximum absolute atomic E-state index is 12.8. The summed E-state index contributed by atoms with van der Waals surface area (Å²) in [6.07, 6.45) is 3.27. The third-order valence-electron chi connectivity index (χ3n) is 4.51. The van der Waals surface area contributed by atoms with Gasteiger partial charge in [0, 0.05) is 5.39 Å². The number of amides is 2. The van der Waals surface area contributed by atoms with Crippen molar-refractivity contribution in [3.05, 3.63) is 71.5 Å². The summed E-state index contributed by atoms with van der Waals surface area (Å²) in [5, 5.41) is 8.57. The smallest absolute Gasteiger partial charge is 0.270 e. The van der Waals surface area contributed by atoms with Crippen molar-refractivity contribution in [2.24, 2.45) is 0 Å². The molecule has 2 atom stereocenters. The number of aromatic nitrogens is 2. The third-order valence-corrected chi connectivity index (χ3v) is 5.33. The fourth-order valence-corrected chi connectivity index (χ4v) is 4.06. The van der Waals surface area contributed by atoms with Crippen LogP contribution in [0.5, 0.6) is 0 Å². The lowest BCUT2D eigenvalue weighted by Gasteiger charge is -2.22. The number of carbonyl (C=O) groups is 2. The molecule has 1 aliphatic rings. The lowest BCUT2D eigenvalue weighted by atomic mass is 10.1. The molecule has 2 amide bonds. The lowest BCUT2D eigenvalue weighted by molar-refractivity contribution is -0.117. The van der Waals surface area contributed by atoms with E-state index in [1.165, 1.54) is 23.7 Å². The van der Waals surface area contributed by atoms with Crippen molar-refractivity contribution < 1.29 is 9.59 Å². The molecule has 26 heavy (non-hydrogen) atoms. The Bertz CT molecular complexity index is 1010. The number of hydrogen-bond acceptors (Lipinski definition) is 5. The molecule has 2 N–H and O–H groups in total. The third kappa shape index (κ3) is 2.86. The molecular weight excluding hydrogens is 348 g/mol. The highest BCUT2D eigenvalue weighted by atomic mass is 32.1. The van der Waals surface area contributed by atoms with E-state index in [0.29, 0.717) is 12.1 Å². The summed E-state index contributed by atoms with van der Waals surface area (Å²) in [5.41, 5.74) is 2.47. The Balaban J connectivity index is 1.62. The highest BCUT2D eigenvalue weighted by molar-refractivity contribution is 7.16. The second-order valence-corrected chi connectivity index (χ2v) is 6.93. The maximum Gasteiger partial charge on any atom is 0.270 e. The number of hydrogen-bond donors (Lipinski definition) is 2. The Hall–Kier alpha value is -3.06. The first kappa shape index (κ1) is 16.4. The predicted molar refractivity (Wildman–Crippen MR) is 99.9 cm³/mol. The number of fused-ring (bicyclic) bond motifs is 2. The van der Waals surface area contributed by atoms with Crippen molar-refractivity contribution in [2.45, 2.75) is 18.5 Å². The zero-order valence-electron chi connectivity index (χ0n) is 13.8. The minimum absolute atomic E-state index is 0.257. The Kier molecular flexibility index (Phi) is 4.22. The van der Waals surface area contributed by atoms with E-state index in [2.05, 4.69) is 27.2 Å². The van der Waals surface area contributed by atoms with Crippen LogP contribution < -0.4 is 10.6 Å².